The molecule has 25 heavy (non-hydrogen) atoms. The lowest BCUT2D eigenvalue weighted by Gasteiger charge is -2.13. The van der Waals surface area contributed by atoms with Gasteiger partial charge in [0.2, 0.25) is 0 Å². The highest BCUT2D eigenvalue weighted by Gasteiger charge is 2.16. The van der Waals surface area contributed by atoms with Crippen LogP contribution in [0.15, 0.2) is 47.6 Å². The molecule has 0 aromatic heterocycles. The van der Waals surface area contributed by atoms with E-state index in [-0.39, 0.29) is 21.8 Å². The van der Waals surface area contributed by atoms with E-state index in [1.165, 1.54) is 18.3 Å². The molecule has 6 nitrogen and oxygen atoms in total. The topological polar surface area (TPSA) is 90.8 Å². The summed E-state index contributed by atoms with van der Waals surface area (Å²) in [5.74, 6) is -1.95. The van der Waals surface area contributed by atoms with Crippen LogP contribution in [0.3, 0.4) is 0 Å². The number of nitrogens with one attached hydrogen (secondary N) is 2. The van der Waals surface area contributed by atoms with E-state index in [2.05, 4.69) is 15.8 Å². The largest absolute Gasteiger partial charge is 0.505 e. The first kappa shape index (κ1) is 18.8. The Balaban J connectivity index is 1.92. The number of aromatic hydroxyl groups is 1. The Morgan fingerprint density at radius 2 is 1.72 bits per heavy atom. The number of halogens is 2. The van der Waals surface area contributed by atoms with Crippen LogP contribution < -0.4 is 10.7 Å². The average molecular weight is 380 g/mol. The Morgan fingerprint density at radius 3 is 2.32 bits per heavy atom. The fourth-order valence-corrected chi connectivity index (χ4v) is 2.47. The van der Waals surface area contributed by atoms with Crippen LogP contribution in [-0.2, 0) is 9.59 Å². The van der Waals surface area contributed by atoms with E-state index in [9.17, 15) is 14.7 Å². The SMILES string of the molecule is C[C@H](NC(=O)C(=O)N/N=C/c1cc(Cl)c(O)c(Cl)c1)c1ccccc1. The first-order chi connectivity index (χ1) is 11.9. The Labute approximate surface area is 154 Å². The Morgan fingerprint density at radius 1 is 1.12 bits per heavy atom. The molecular formula is C17H15Cl2N3O3. The Bertz CT molecular complexity index is 787. The number of phenols is 1. The third kappa shape index (κ3) is 5.20. The third-order valence-electron chi connectivity index (χ3n) is 3.27. The molecule has 8 heteroatoms. The van der Waals surface area contributed by atoms with E-state index in [0.29, 0.717) is 5.56 Å². The zero-order valence-electron chi connectivity index (χ0n) is 13.2. The lowest BCUT2D eigenvalue weighted by molar-refractivity contribution is -0.139. The van der Waals surface area contributed by atoms with Crippen molar-refractivity contribution in [3.05, 3.63) is 63.6 Å². The molecule has 0 aliphatic heterocycles. The Hall–Kier alpha value is -2.57. The van der Waals surface area contributed by atoms with Crippen molar-refractivity contribution in [1.29, 1.82) is 0 Å². The number of hydrazone groups is 1. The summed E-state index contributed by atoms with van der Waals surface area (Å²) in [7, 11) is 0. The van der Waals surface area contributed by atoms with E-state index < -0.39 is 11.8 Å². The molecule has 130 valence electrons. The summed E-state index contributed by atoms with van der Waals surface area (Å²) in [6.07, 6.45) is 1.25. The number of benzene rings is 2. The van der Waals surface area contributed by atoms with Crippen LogP contribution >= 0.6 is 23.2 Å². The van der Waals surface area contributed by atoms with Crippen molar-refractivity contribution < 1.29 is 14.7 Å². The maximum Gasteiger partial charge on any atom is 0.329 e. The van der Waals surface area contributed by atoms with Crippen LogP contribution in [0.4, 0.5) is 0 Å². The average Bonchev–Trinajstić information content (AvgIpc) is 2.60. The molecular weight excluding hydrogens is 365 g/mol. The highest BCUT2D eigenvalue weighted by molar-refractivity contribution is 6.37. The monoisotopic (exact) mass is 379 g/mol. The van der Waals surface area contributed by atoms with Gasteiger partial charge in [-0.25, -0.2) is 5.43 Å². The van der Waals surface area contributed by atoms with E-state index in [4.69, 9.17) is 23.2 Å². The molecule has 2 amide bonds. The van der Waals surface area contributed by atoms with Crippen molar-refractivity contribution in [1.82, 2.24) is 10.7 Å². The summed E-state index contributed by atoms with van der Waals surface area (Å²) in [4.78, 5) is 23.6. The van der Waals surface area contributed by atoms with Gasteiger partial charge in [0, 0.05) is 0 Å². The van der Waals surface area contributed by atoms with Gasteiger partial charge < -0.3 is 10.4 Å². The summed E-state index contributed by atoms with van der Waals surface area (Å²) in [6, 6.07) is 11.7. The molecule has 0 aliphatic carbocycles. The predicted molar refractivity (Wildman–Crippen MR) is 96.9 cm³/mol. The number of hydrogen-bond acceptors (Lipinski definition) is 4. The van der Waals surface area contributed by atoms with Gasteiger partial charge in [0.25, 0.3) is 0 Å². The summed E-state index contributed by atoms with van der Waals surface area (Å²) in [5.41, 5.74) is 3.44. The van der Waals surface area contributed by atoms with Gasteiger partial charge in [-0.3, -0.25) is 9.59 Å². The molecule has 0 heterocycles. The molecule has 0 bridgehead atoms. The first-order valence-electron chi connectivity index (χ1n) is 7.25. The van der Waals surface area contributed by atoms with Gasteiger partial charge in [-0.05, 0) is 30.2 Å². The maximum absolute atomic E-state index is 11.8. The van der Waals surface area contributed by atoms with Crippen molar-refractivity contribution in [2.24, 2.45) is 5.10 Å². The molecule has 2 rings (SSSR count). The fourth-order valence-electron chi connectivity index (χ4n) is 1.96. The third-order valence-corrected chi connectivity index (χ3v) is 3.85. The highest BCUT2D eigenvalue weighted by atomic mass is 35.5. The molecule has 0 fully saturated rings. The van der Waals surface area contributed by atoms with Gasteiger partial charge in [-0.1, -0.05) is 53.5 Å². The van der Waals surface area contributed by atoms with Gasteiger partial charge in [-0.15, -0.1) is 0 Å². The number of nitrogens with zero attached hydrogens (tertiary/aromatic N) is 1. The van der Waals surface area contributed by atoms with Crippen LogP contribution in [0.25, 0.3) is 0 Å². The van der Waals surface area contributed by atoms with Gasteiger partial charge >= 0.3 is 11.8 Å². The molecule has 0 unspecified atom stereocenters. The quantitative estimate of drug-likeness (QED) is 0.433. The van der Waals surface area contributed by atoms with E-state index in [0.717, 1.165) is 5.56 Å². The fraction of sp³-hybridized carbons (Fsp3) is 0.118. The zero-order valence-corrected chi connectivity index (χ0v) is 14.7. The molecule has 0 radical (unpaired) electrons. The van der Waals surface area contributed by atoms with Gasteiger partial charge in [0.15, 0.2) is 5.75 Å². The van der Waals surface area contributed by atoms with Crippen molar-refractivity contribution in [3.63, 3.8) is 0 Å². The second-order valence-corrected chi connectivity index (χ2v) is 5.95. The van der Waals surface area contributed by atoms with Crippen molar-refractivity contribution in [2.75, 3.05) is 0 Å². The van der Waals surface area contributed by atoms with Crippen LogP contribution in [0.5, 0.6) is 5.75 Å². The van der Waals surface area contributed by atoms with Crippen LogP contribution in [0, 0.1) is 0 Å². The number of carbonyl (C=O) groups is 2. The molecule has 1 atom stereocenters. The normalized spacial score (nSPS) is 12.0. The smallest absolute Gasteiger partial charge is 0.329 e. The van der Waals surface area contributed by atoms with Crippen molar-refractivity contribution in [3.8, 4) is 5.75 Å². The Kier molecular flexibility index (Phi) is 6.38. The predicted octanol–water partition coefficient (Wildman–Crippen LogP) is 3.03. The summed E-state index contributed by atoms with van der Waals surface area (Å²) in [6.45, 7) is 1.77. The lowest BCUT2D eigenvalue weighted by Crippen LogP contribution is -2.39. The van der Waals surface area contributed by atoms with Crippen molar-refractivity contribution >= 4 is 41.2 Å². The second kappa shape index (κ2) is 8.50. The summed E-state index contributed by atoms with van der Waals surface area (Å²) >= 11 is 11.6. The highest BCUT2D eigenvalue weighted by Crippen LogP contribution is 2.32. The summed E-state index contributed by atoms with van der Waals surface area (Å²) < 4.78 is 0. The minimum Gasteiger partial charge on any atom is -0.505 e. The van der Waals surface area contributed by atoms with Gasteiger partial charge in [0.05, 0.1) is 22.3 Å². The lowest BCUT2D eigenvalue weighted by atomic mass is 10.1. The molecule has 3 N–H and O–H groups in total. The zero-order chi connectivity index (χ0) is 18.4. The number of carbonyl (C=O) groups excluding carboxylic acids is 2. The minimum atomic E-state index is -0.907. The molecule has 0 aliphatic rings. The van der Waals surface area contributed by atoms with E-state index in [1.54, 1.807) is 6.92 Å². The second-order valence-electron chi connectivity index (χ2n) is 5.14. The number of amides is 2. The number of phenolic OH excluding ortho intramolecular Hbond substituents is 1. The van der Waals surface area contributed by atoms with Gasteiger partial charge in [-0.2, -0.15) is 5.10 Å². The molecule has 0 saturated heterocycles. The molecule has 0 saturated carbocycles. The summed E-state index contributed by atoms with van der Waals surface area (Å²) in [5, 5.41) is 15.8. The van der Waals surface area contributed by atoms with E-state index >= 15 is 0 Å². The van der Waals surface area contributed by atoms with Crippen LogP contribution in [0.2, 0.25) is 10.0 Å². The van der Waals surface area contributed by atoms with Crippen molar-refractivity contribution in [2.45, 2.75) is 13.0 Å². The molecule has 0 spiro atoms. The number of rotatable bonds is 4. The van der Waals surface area contributed by atoms with Gasteiger partial charge in [0.1, 0.15) is 0 Å². The van der Waals surface area contributed by atoms with Crippen LogP contribution in [0.1, 0.15) is 24.1 Å². The maximum atomic E-state index is 11.8. The standard InChI is InChI=1S/C17H15Cl2N3O3/c1-10(12-5-3-2-4-6-12)21-16(24)17(25)22-20-9-11-7-13(18)15(23)14(19)8-11/h2-10,23H,1H3,(H,21,24)(H,22,25)/b20-9+/t10-/m0/s1. The first-order valence-corrected chi connectivity index (χ1v) is 8.01. The molecule has 2 aromatic carbocycles. The molecule has 2 aromatic rings. The minimum absolute atomic E-state index is 0.0507. The van der Waals surface area contributed by atoms with E-state index in [1.807, 2.05) is 30.3 Å². The number of hydrogen-bond donors (Lipinski definition) is 3. The van der Waals surface area contributed by atoms with Crippen LogP contribution in [-0.4, -0.2) is 23.1 Å².